The van der Waals surface area contributed by atoms with Gasteiger partial charge in [-0.05, 0) is 37.0 Å². The lowest BCUT2D eigenvalue weighted by atomic mass is 10.0. The summed E-state index contributed by atoms with van der Waals surface area (Å²) in [6, 6.07) is 5.90. The molecule has 2 rings (SSSR count). The van der Waals surface area contributed by atoms with E-state index in [4.69, 9.17) is 15.9 Å². The average molecular weight is 260 g/mol. The second-order valence-corrected chi connectivity index (χ2v) is 5.48. The fourth-order valence-electron chi connectivity index (χ4n) is 2.64. The lowest BCUT2D eigenvalue weighted by Crippen LogP contribution is -2.13. The van der Waals surface area contributed by atoms with Crippen LogP contribution in [0.2, 0.25) is 0 Å². The van der Waals surface area contributed by atoms with Gasteiger partial charge in [0.05, 0.1) is 12.7 Å². The normalized spacial score (nSPS) is 17.1. The summed E-state index contributed by atoms with van der Waals surface area (Å²) in [6.45, 7) is 2.73. The molecule has 1 aromatic carbocycles. The lowest BCUT2D eigenvalue weighted by molar-refractivity contribution is 0.0307. The van der Waals surface area contributed by atoms with Gasteiger partial charge in [0.2, 0.25) is 0 Å². The van der Waals surface area contributed by atoms with Gasteiger partial charge in [-0.25, -0.2) is 0 Å². The van der Waals surface area contributed by atoms with Crippen LogP contribution < -0.4 is 5.73 Å². The van der Waals surface area contributed by atoms with Crippen molar-refractivity contribution in [2.45, 2.75) is 58.2 Å². The van der Waals surface area contributed by atoms with E-state index in [0.29, 0.717) is 12.7 Å². The zero-order chi connectivity index (χ0) is 13.7. The van der Waals surface area contributed by atoms with Gasteiger partial charge in [0.15, 0.2) is 0 Å². The maximum absolute atomic E-state index is 7.44. The number of hydrogen-bond acceptors (Lipinski definition) is 2. The van der Waals surface area contributed by atoms with Crippen molar-refractivity contribution in [1.82, 2.24) is 0 Å². The molecule has 0 spiro atoms. The van der Waals surface area contributed by atoms with E-state index in [1.807, 2.05) is 18.2 Å². The molecule has 0 radical (unpaired) electrons. The predicted molar refractivity (Wildman–Crippen MR) is 78.5 cm³/mol. The van der Waals surface area contributed by atoms with Gasteiger partial charge >= 0.3 is 0 Å². The van der Waals surface area contributed by atoms with Gasteiger partial charge in [-0.15, -0.1) is 0 Å². The molecule has 3 heteroatoms. The lowest BCUT2D eigenvalue weighted by Gasteiger charge is -2.16. The molecule has 0 heterocycles. The van der Waals surface area contributed by atoms with E-state index >= 15 is 0 Å². The average Bonchev–Trinajstić information content (AvgIpc) is 2.65. The van der Waals surface area contributed by atoms with Crippen molar-refractivity contribution in [3.8, 4) is 0 Å². The van der Waals surface area contributed by atoms with Crippen molar-refractivity contribution < 1.29 is 4.74 Å². The molecule has 3 nitrogen and oxygen atoms in total. The van der Waals surface area contributed by atoms with E-state index in [1.165, 1.54) is 44.1 Å². The standard InChI is InChI=1S/C16H24N2O/c1-12-10-13(16(17)18)8-9-14(12)11-19-15-6-4-2-3-5-7-15/h8-10,15H,2-7,11H2,1H3,(H3,17,18). The molecule has 0 amide bonds. The Morgan fingerprint density at radius 1 is 1.26 bits per heavy atom. The van der Waals surface area contributed by atoms with Gasteiger partial charge in [-0.3, -0.25) is 5.41 Å². The third-order valence-corrected chi connectivity index (χ3v) is 3.93. The Kier molecular flexibility index (Phi) is 4.97. The minimum Gasteiger partial charge on any atom is -0.384 e. The van der Waals surface area contributed by atoms with Crippen molar-refractivity contribution in [3.05, 3.63) is 34.9 Å². The molecule has 1 saturated carbocycles. The van der Waals surface area contributed by atoms with E-state index in [0.717, 1.165) is 11.1 Å². The van der Waals surface area contributed by atoms with Crippen molar-refractivity contribution in [2.75, 3.05) is 0 Å². The molecule has 0 aliphatic heterocycles. The van der Waals surface area contributed by atoms with E-state index in [9.17, 15) is 0 Å². The quantitative estimate of drug-likeness (QED) is 0.494. The minimum absolute atomic E-state index is 0.124. The number of nitrogens with two attached hydrogens (primary N) is 1. The Balaban J connectivity index is 1.93. The summed E-state index contributed by atoms with van der Waals surface area (Å²) in [4.78, 5) is 0. The summed E-state index contributed by atoms with van der Waals surface area (Å²) in [5.74, 6) is 0.124. The van der Waals surface area contributed by atoms with Crippen molar-refractivity contribution in [1.29, 1.82) is 5.41 Å². The van der Waals surface area contributed by atoms with Gasteiger partial charge in [-0.1, -0.05) is 37.8 Å². The first-order valence-electron chi connectivity index (χ1n) is 7.22. The smallest absolute Gasteiger partial charge is 0.122 e. The largest absolute Gasteiger partial charge is 0.384 e. The fraction of sp³-hybridized carbons (Fsp3) is 0.562. The second kappa shape index (κ2) is 6.71. The van der Waals surface area contributed by atoms with Gasteiger partial charge in [0.1, 0.15) is 5.84 Å². The summed E-state index contributed by atoms with van der Waals surface area (Å²) in [6.07, 6.45) is 8.13. The Morgan fingerprint density at radius 2 is 1.95 bits per heavy atom. The third-order valence-electron chi connectivity index (χ3n) is 3.93. The molecular formula is C16H24N2O. The topological polar surface area (TPSA) is 59.1 Å². The van der Waals surface area contributed by atoms with Crippen LogP contribution in [0.15, 0.2) is 18.2 Å². The minimum atomic E-state index is 0.124. The summed E-state index contributed by atoms with van der Waals surface area (Å²) in [5, 5.41) is 7.44. The number of aryl methyl sites for hydroxylation is 1. The maximum Gasteiger partial charge on any atom is 0.122 e. The zero-order valence-electron chi connectivity index (χ0n) is 11.7. The number of hydrogen-bond donors (Lipinski definition) is 2. The molecule has 0 aromatic heterocycles. The number of benzene rings is 1. The van der Waals surface area contributed by atoms with E-state index in [2.05, 4.69) is 6.92 Å². The molecule has 0 saturated heterocycles. The highest BCUT2D eigenvalue weighted by atomic mass is 16.5. The van der Waals surface area contributed by atoms with Crippen molar-refractivity contribution in [3.63, 3.8) is 0 Å². The number of ether oxygens (including phenoxy) is 1. The number of rotatable bonds is 4. The highest BCUT2D eigenvalue weighted by molar-refractivity contribution is 5.95. The Morgan fingerprint density at radius 3 is 2.53 bits per heavy atom. The predicted octanol–water partition coefficient (Wildman–Crippen LogP) is 3.52. The van der Waals surface area contributed by atoms with Gasteiger partial charge in [-0.2, -0.15) is 0 Å². The number of nitrogen functional groups attached to an aromatic ring is 1. The Hall–Kier alpha value is -1.35. The fourth-order valence-corrected chi connectivity index (χ4v) is 2.64. The summed E-state index contributed by atoms with van der Waals surface area (Å²) in [7, 11) is 0. The first-order valence-corrected chi connectivity index (χ1v) is 7.22. The number of nitrogens with one attached hydrogen (secondary N) is 1. The summed E-state index contributed by atoms with van der Waals surface area (Å²) in [5.41, 5.74) is 8.64. The molecule has 1 aliphatic rings. The van der Waals surface area contributed by atoms with Crippen LogP contribution in [0.5, 0.6) is 0 Å². The highest BCUT2D eigenvalue weighted by Crippen LogP contribution is 2.21. The van der Waals surface area contributed by atoms with Crippen LogP contribution >= 0.6 is 0 Å². The first kappa shape index (κ1) is 14.1. The van der Waals surface area contributed by atoms with Crippen LogP contribution in [0, 0.1) is 12.3 Å². The Labute approximate surface area is 115 Å². The van der Waals surface area contributed by atoms with Gasteiger partial charge < -0.3 is 10.5 Å². The molecule has 0 unspecified atom stereocenters. The summed E-state index contributed by atoms with van der Waals surface area (Å²) < 4.78 is 6.05. The van der Waals surface area contributed by atoms with Crippen molar-refractivity contribution >= 4 is 5.84 Å². The maximum atomic E-state index is 7.44. The second-order valence-electron chi connectivity index (χ2n) is 5.48. The van der Waals surface area contributed by atoms with Crippen LogP contribution in [-0.4, -0.2) is 11.9 Å². The number of amidine groups is 1. The summed E-state index contributed by atoms with van der Waals surface area (Å²) >= 11 is 0. The highest BCUT2D eigenvalue weighted by Gasteiger charge is 2.13. The monoisotopic (exact) mass is 260 g/mol. The molecule has 1 fully saturated rings. The SMILES string of the molecule is Cc1cc(C(=N)N)ccc1COC1CCCCCC1. The van der Waals surface area contributed by atoms with Crippen LogP contribution in [0.25, 0.3) is 0 Å². The molecule has 19 heavy (non-hydrogen) atoms. The molecule has 0 bridgehead atoms. The molecule has 104 valence electrons. The molecule has 3 N–H and O–H groups in total. The third kappa shape index (κ3) is 4.06. The van der Waals surface area contributed by atoms with Crippen LogP contribution in [0.1, 0.15) is 55.2 Å². The van der Waals surface area contributed by atoms with E-state index < -0.39 is 0 Å². The Bertz CT molecular complexity index is 434. The van der Waals surface area contributed by atoms with Crippen LogP contribution in [-0.2, 0) is 11.3 Å². The molecule has 1 aliphatic carbocycles. The van der Waals surface area contributed by atoms with Crippen molar-refractivity contribution in [2.24, 2.45) is 5.73 Å². The molecule has 0 atom stereocenters. The first-order chi connectivity index (χ1) is 9.16. The van der Waals surface area contributed by atoms with Crippen LogP contribution in [0.4, 0.5) is 0 Å². The van der Waals surface area contributed by atoms with Crippen LogP contribution in [0.3, 0.4) is 0 Å². The van der Waals surface area contributed by atoms with E-state index in [1.54, 1.807) is 0 Å². The van der Waals surface area contributed by atoms with Gasteiger partial charge in [0, 0.05) is 5.56 Å². The van der Waals surface area contributed by atoms with Gasteiger partial charge in [0.25, 0.3) is 0 Å². The molecular weight excluding hydrogens is 236 g/mol. The van der Waals surface area contributed by atoms with E-state index in [-0.39, 0.29) is 5.84 Å². The molecule has 1 aromatic rings. The zero-order valence-corrected chi connectivity index (χ0v) is 11.7.